The minimum Gasteiger partial charge on any atom is -0.372 e. The van der Waals surface area contributed by atoms with Crippen molar-refractivity contribution >= 4 is 38.9 Å². The van der Waals surface area contributed by atoms with Crippen LogP contribution in [0.25, 0.3) is 0 Å². The molecule has 0 saturated heterocycles. The number of halogens is 1. The fourth-order valence-electron chi connectivity index (χ4n) is 3.47. The molecule has 3 aromatic rings. The van der Waals surface area contributed by atoms with E-state index >= 15 is 0 Å². The molecule has 0 bridgehead atoms. The quantitative estimate of drug-likeness (QED) is 0.452. The van der Waals surface area contributed by atoms with Crippen LogP contribution in [0.3, 0.4) is 0 Å². The molecule has 3 rings (SSSR count). The molecule has 0 aliphatic rings. The van der Waals surface area contributed by atoms with Gasteiger partial charge in [0.2, 0.25) is 5.91 Å². The van der Waals surface area contributed by atoms with E-state index in [2.05, 4.69) is 24.1 Å². The van der Waals surface area contributed by atoms with Gasteiger partial charge < -0.3 is 10.2 Å². The Morgan fingerprint density at radius 3 is 2.09 bits per heavy atom. The Morgan fingerprint density at radius 1 is 0.879 bits per heavy atom. The Morgan fingerprint density at radius 2 is 1.48 bits per heavy atom. The van der Waals surface area contributed by atoms with Gasteiger partial charge in [-0.15, -0.1) is 0 Å². The molecule has 3 aromatic carbocycles. The fraction of sp³-hybridized carbons (Fsp3) is 0.240. The van der Waals surface area contributed by atoms with Crippen LogP contribution in [-0.2, 0) is 21.4 Å². The average molecular weight is 486 g/mol. The normalized spacial score (nSPS) is 11.1. The molecule has 0 unspecified atom stereocenters. The minimum absolute atomic E-state index is 0.0877. The summed E-state index contributed by atoms with van der Waals surface area (Å²) < 4.78 is 27.7. The van der Waals surface area contributed by atoms with Gasteiger partial charge in [-0.25, -0.2) is 8.42 Å². The van der Waals surface area contributed by atoms with Gasteiger partial charge in [-0.2, -0.15) is 0 Å². The SMILES string of the molecule is CCN(CC)c1ccc(CNC(=O)CN(c2ccccc2Cl)S(=O)(=O)c2ccccc2)cc1. The van der Waals surface area contributed by atoms with Gasteiger partial charge in [-0.1, -0.05) is 54.1 Å². The van der Waals surface area contributed by atoms with Crippen molar-refractivity contribution in [1.29, 1.82) is 0 Å². The number of benzene rings is 3. The highest BCUT2D eigenvalue weighted by atomic mass is 35.5. The van der Waals surface area contributed by atoms with Gasteiger partial charge in [0.15, 0.2) is 0 Å². The molecule has 0 fully saturated rings. The first-order valence-electron chi connectivity index (χ1n) is 10.8. The van der Waals surface area contributed by atoms with Gasteiger partial charge in [-0.05, 0) is 55.8 Å². The molecule has 0 atom stereocenters. The predicted molar refractivity (Wildman–Crippen MR) is 134 cm³/mol. The van der Waals surface area contributed by atoms with Crippen molar-refractivity contribution in [3.63, 3.8) is 0 Å². The zero-order valence-electron chi connectivity index (χ0n) is 18.7. The van der Waals surface area contributed by atoms with Gasteiger partial charge in [0.05, 0.1) is 15.6 Å². The van der Waals surface area contributed by atoms with Crippen molar-refractivity contribution in [2.24, 2.45) is 0 Å². The number of sulfonamides is 1. The highest BCUT2D eigenvalue weighted by Crippen LogP contribution is 2.30. The molecule has 8 heteroatoms. The predicted octanol–water partition coefficient (Wildman–Crippen LogP) is 4.70. The molecule has 174 valence electrons. The first-order chi connectivity index (χ1) is 15.9. The molecule has 1 amide bonds. The van der Waals surface area contributed by atoms with Gasteiger partial charge in [-0.3, -0.25) is 9.10 Å². The number of para-hydroxylation sites is 1. The smallest absolute Gasteiger partial charge is 0.264 e. The number of carbonyl (C=O) groups is 1. The Labute approximate surface area is 200 Å². The number of amides is 1. The number of hydrogen-bond acceptors (Lipinski definition) is 4. The van der Waals surface area contributed by atoms with Crippen LogP contribution in [0.4, 0.5) is 11.4 Å². The second-order valence-electron chi connectivity index (χ2n) is 7.39. The zero-order chi connectivity index (χ0) is 23.8. The summed E-state index contributed by atoms with van der Waals surface area (Å²) in [6.45, 7) is 5.94. The lowest BCUT2D eigenvalue weighted by molar-refractivity contribution is -0.119. The molecule has 6 nitrogen and oxygen atoms in total. The van der Waals surface area contributed by atoms with E-state index in [1.54, 1.807) is 42.5 Å². The van der Waals surface area contributed by atoms with Crippen LogP contribution < -0.4 is 14.5 Å². The van der Waals surface area contributed by atoms with Gasteiger partial charge in [0.25, 0.3) is 10.0 Å². The molecule has 0 aromatic heterocycles. The average Bonchev–Trinajstić information content (AvgIpc) is 2.84. The molecular weight excluding hydrogens is 458 g/mol. The molecule has 1 N–H and O–H groups in total. The van der Waals surface area contributed by atoms with Gasteiger partial charge in [0.1, 0.15) is 6.54 Å². The van der Waals surface area contributed by atoms with Crippen molar-refractivity contribution in [3.05, 3.63) is 89.4 Å². The number of hydrogen-bond donors (Lipinski definition) is 1. The van der Waals surface area contributed by atoms with E-state index in [9.17, 15) is 13.2 Å². The van der Waals surface area contributed by atoms with Crippen LogP contribution in [0, 0.1) is 0 Å². The zero-order valence-corrected chi connectivity index (χ0v) is 20.3. The lowest BCUT2D eigenvalue weighted by Gasteiger charge is -2.25. The molecule has 0 aliphatic carbocycles. The van der Waals surface area contributed by atoms with E-state index in [1.807, 2.05) is 24.3 Å². The molecular formula is C25H28ClN3O3S. The maximum atomic E-state index is 13.3. The third-order valence-corrected chi connectivity index (χ3v) is 7.39. The third-order valence-electron chi connectivity index (χ3n) is 5.29. The molecule has 0 spiro atoms. The molecule has 0 heterocycles. The monoisotopic (exact) mass is 485 g/mol. The van der Waals surface area contributed by atoms with Crippen LogP contribution in [0.2, 0.25) is 5.02 Å². The third kappa shape index (κ3) is 6.06. The molecule has 0 aliphatic heterocycles. The summed E-state index contributed by atoms with van der Waals surface area (Å²) in [5, 5.41) is 3.06. The molecule has 0 radical (unpaired) electrons. The summed E-state index contributed by atoms with van der Waals surface area (Å²) in [5.41, 5.74) is 2.30. The topological polar surface area (TPSA) is 69.7 Å². The Bertz CT molecular complexity index is 1170. The standard InChI is InChI=1S/C25H28ClN3O3S/c1-3-28(4-2)21-16-14-20(15-17-21)18-27-25(30)19-29(24-13-9-8-12-23(24)26)33(31,32)22-10-6-5-7-11-22/h5-17H,3-4,18-19H2,1-2H3,(H,27,30). The Hall–Kier alpha value is -3.03. The van der Waals surface area contributed by atoms with Crippen LogP contribution in [0.1, 0.15) is 19.4 Å². The summed E-state index contributed by atoms with van der Waals surface area (Å²) in [7, 11) is -3.99. The van der Waals surface area contributed by atoms with E-state index in [0.29, 0.717) is 6.54 Å². The highest BCUT2D eigenvalue weighted by Gasteiger charge is 2.28. The van der Waals surface area contributed by atoms with E-state index in [0.717, 1.165) is 28.6 Å². The lowest BCUT2D eigenvalue weighted by atomic mass is 10.2. The highest BCUT2D eigenvalue weighted by molar-refractivity contribution is 7.92. The number of anilines is 2. The fourth-order valence-corrected chi connectivity index (χ4v) is 5.22. The maximum Gasteiger partial charge on any atom is 0.264 e. The first-order valence-corrected chi connectivity index (χ1v) is 12.6. The second kappa shape index (κ2) is 11.2. The van der Waals surface area contributed by atoms with Gasteiger partial charge in [0, 0.05) is 25.3 Å². The largest absolute Gasteiger partial charge is 0.372 e. The van der Waals surface area contributed by atoms with Crippen LogP contribution in [0.15, 0.2) is 83.8 Å². The van der Waals surface area contributed by atoms with Crippen LogP contribution in [0.5, 0.6) is 0 Å². The molecule has 0 saturated carbocycles. The van der Waals surface area contributed by atoms with E-state index in [-0.39, 0.29) is 15.6 Å². The van der Waals surface area contributed by atoms with Crippen molar-refractivity contribution in [2.75, 3.05) is 28.8 Å². The number of carbonyl (C=O) groups excluding carboxylic acids is 1. The van der Waals surface area contributed by atoms with Crippen molar-refractivity contribution in [1.82, 2.24) is 5.32 Å². The Kier molecular flexibility index (Phi) is 8.36. The van der Waals surface area contributed by atoms with Crippen molar-refractivity contribution in [3.8, 4) is 0 Å². The van der Waals surface area contributed by atoms with E-state index in [1.165, 1.54) is 12.1 Å². The lowest BCUT2D eigenvalue weighted by Crippen LogP contribution is -2.40. The van der Waals surface area contributed by atoms with Crippen LogP contribution >= 0.6 is 11.6 Å². The van der Waals surface area contributed by atoms with Crippen molar-refractivity contribution in [2.45, 2.75) is 25.3 Å². The van der Waals surface area contributed by atoms with E-state index < -0.39 is 22.5 Å². The van der Waals surface area contributed by atoms with Crippen molar-refractivity contribution < 1.29 is 13.2 Å². The second-order valence-corrected chi connectivity index (χ2v) is 9.66. The molecule has 33 heavy (non-hydrogen) atoms. The summed E-state index contributed by atoms with van der Waals surface area (Å²) in [6, 6.07) is 22.5. The Balaban J connectivity index is 1.77. The first kappa shape index (κ1) is 24.6. The van der Waals surface area contributed by atoms with E-state index in [4.69, 9.17) is 11.6 Å². The number of nitrogens with zero attached hydrogens (tertiary/aromatic N) is 2. The number of rotatable bonds is 10. The summed E-state index contributed by atoms with van der Waals surface area (Å²) in [5.74, 6) is -0.428. The minimum atomic E-state index is -3.99. The summed E-state index contributed by atoms with van der Waals surface area (Å²) in [6.07, 6.45) is 0. The van der Waals surface area contributed by atoms with Gasteiger partial charge >= 0.3 is 0 Å². The summed E-state index contributed by atoms with van der Waals surface area (Å²) >= 11 is 6.29. The van der Waals surface area contributed by atoms with Crippen LogP contribution in [-0.4, -0.2) is 34.0 Å². The maximum absolute atomic E-state index is 13.3. The number of nitrogens with one attached hydrogen (secondary N) is 1. The summed E-state index contributed by atoms with van der Waals surface area (Å²) in [4.78, 5) is 15.1.